The minimum Gasteiger partial charge on any atom is -0.487 e. The lowest BCUT2D eigenvalue weighted by Gasteiger charge is -2.27. The Morgan fingerprint density at radius 1 is 0.971 bits per heavy atom. The molecule has 4 rings (SSSR count). The molecular weight excluding hydrogens is 677 g/mol. The molecule has 0 atom stereocenters. The first-order valence-corrected chi connectivity index (χ1v) is 12.6. The Kier molecular flexibility index (Phi) is 7.55. The molecule has 0 unspecified atom stereocenters. The minimum atomic E-state index is -0.786. The maximum Gasteiger partial charge on any atom is 0.335 e. The zero-order valence-corrected chi connectivity index (χ0v) is 23.0. The summed E-state index contributed by atoms with van der Waals surface area (Å²) < 4.78 is 20.8. The number of rotatable bonds is 5. The number of carbonyl (C=O) groups excluding carboxylic acids is 3. The maximum absolute atomic E-state index is 13.4. The molecule has 1 saturated heterocycles. The largest absolute Gasteiger partial charge is 0.487 e. The zero-order valence-electron chi connectivity index (χ0n) is 18.7. The van der Waals surface area contributed by atoms with E-state index >= 15 is 0 Å². The standard InChI is InChI=1S/C26H19FI2N2O4/c1-14-6-7-19(8-15(14)2)31-25(33)20(24(32)30-26(31)34)10-17-11-21(28)23(22(29)12-17)35-13-16-4-3-5-18(27)9-16/h3-12H,13H2,1-2H3,(H,30,32,34)/b20-10+. The molecule has 1 heterocycles. The Morgan fingerprint density at radius 3 is 2.34 bits per heavy atom. The fraction of sp³-hybridized carbons (Fsp3) is 0.115. The molecule has 0 saturated carbocycles. The molecule has 1 aliphatic heterocycles. The van der Waals surface area contributed by atoms with Crippen LogP contribution in [0.5, 0.6) is 5.75 Å². The smallest absolute Gasteiger partial charge is 0.335 e. The SMILES string of the molecule is Cc1ccc(N2C(=O)NC(=O)/C(=C\c3cc(I)c(OCc4cccc(F)c4)c(I)c3)C2=O)cc1C. The second-order valence-corrected chi connectivity index (χ2v) is 10.3. The first kappa shape index (κ1) is 25.3. The van der Waals surface area contributed by atoms with E-state index in [9.17, 15) is 18.8 Å². The summed E-state index contributed by atoms with van der Waals surface area (Å²) >= 11 is 4.21. The summed E-state index contributed by atoms with van der Waals surface area (Å²) in [5.74, 6) is -1.17. The van der Waals surface area contributed by atoms with Crippen LogP contribution in [0.2, 0.25) is 0 Å². The van der Waals surface area contributed by atoms with Crippen molar-refractivity contribution in [3.63, 3.8) is 0 Å². The third kappa shape index (κ3) is 5.56. The summed E-state index contributed by atoms with van der Waals surface area (Å²) in [7, 11) is 0. The molecule has 3 aromatic rings. The van der Waals surface area contributed by atoms with Gasteiger partial charge in [0.1, 0.15) is 23.7 Å². The van der Waals surface area contributed by atoms with E-state index < -0.39 is 17.8 Å². The van der Waals surface area contributed by atoms with Crippen molar-refractivity contribution in [2.45, 2.75) is 20.5 Å². The highest BCUT2D eigenvalue weighted by Gasteiger charge is 2.37. The lowest BCUT2D eigenvalue weighted by Crippen LogP contribution is -2.54. The van der Waals surface area contributed by atoms with Gasteiger partial charge in [-0.15, -0.1) is 0 Å². The van der Waals surface area contributed by atoms with Crippen molar-refractivity contribution in [1.82, 2.24) is 5.32 Å². The molecule has 0 spiro atoms. The van der Waals surface area contributed by atoms with E-state index in [0.717, 1.165) is 23.2 Å². The number of benzene rings is 3. The number of nitrogens with zero attached hydrogens (tertiary/aromatic N) is 1. The predicted molar refractivity (Wildman–Crippen MR) is 148 cm³/mol. The first-order chi connectivity index (χ1) is 16.6. The van der Waals surface area contributed by atoms with Gasteiger partial charge in [0.05, 0.1) is 12.8 Å². The fourth-order valence-corrected chi connectivity index (χ4v) is 5.63. The van der Waals surface area contributed by atoms with Crippen LogP contribution in [0, 0.1) is 26.8 Å². The van der Waals surface area contributed by atoms with Gasteiger partial charge in [-0.25, -0.2) is 14.1 Å². The van der Waals surface area contributed by atoms with Crippen LogP contribution >= 0.6 is 45.2 Å². The summed E-state index contributed by atoms with van der Waals surface area (Å²) in [5.41, 5.74) is 3.48. The maximum atomic E-state index is 13.4. The van der Waals surface area contributed by atoms with Gasteiger partial charge in [0.2, 0.25) is 0 Å². The van der Waals surface area contributed by atoms with Gasteiger partial charge in [-0.2, -0.15) is 0 Å². The Hall–Kier alpha value is -2.80. The van der Waals surface area contributed by atoms with Gasteiger partial charge in [0, 0.05) is 0 Å². The summed E-state index contributed by atoms with van der Waals surface area (Å²) in [4.78, 5) is 39.2. The van der Waals surface area contributed by atoms with Crippen LogP contribution in [-0.4, -0.2) is 17.8 Å². The Labute approximate surface area is 228 Å². The minimum absolute atomic E-state index is 0.150. The molecule has 1 fully saturated rings. The lowest BCUT2D eigenvalue weighted by molar-refractivity contribution is -0.122. The van der Waals surface area contributed by atoms with Gasteiger partial charge < -0.3 is 4.74 Å². The first-order valence-electron chi connectivity index (χ1n) is 10.5. The number of halogens is 3. The van der Waals surface area contributed by atoms with Crippen LogP contribution in [0.4, 0.5) is 14.9 Å². The van der Waals surface area contributed by atoms with E-state index in [1.165, 1.54) is 18.2 Å². The van der Waals surface area contributed by atoms with Crippen molar-refractivity contribution in [1.29, 1.82) is 0 Å². The Bertz CT molecular complexity index is 1380. The van der Waals surface area contributed by atoms with E-state index in [0.29, 0.717) is 22.6 Å². The van der Waals surface area contributed by atoms with Crippen molar-refractivity contribution in [3.8, 4) is 5.75 Å². The summed E-state index contributed by atoms with van der Waals surface area (Å²) in [6.07, 6.45) is 1.46. The number of hydrogen-bond acceptors (Lipinski definition) is 4. The van der Waals surface area contributed by atoms with E-state index in [-0.39, 0.29) is 18.0 Å². The molecule has 4 amide bonds. The Morgan fingerprint density at radius 2 is 1.69 bits per heavy atom. The van der Waals surface area contributed by atoms with Crippen LogP contribution in [-0.2, 0) is 16.2 Å². The van der Waals surface area contributed by atoms with Gasteiger partial charge in [-0.05, 0) is 124 Å². The van der Waals surface area contributed by atoms with Gasteiger partial charge in [-0.3, -0.25) is 14.9 Å². The number of hydrogen-bond donors (Lipinski definition) is 1. The zero-order chi connectivity index (χ0) is 25.3. The van der Waals surface area contributed by atoms with Crippen LogP contribution in [0.3, 0.4) is 0 Å². The van der Waals surface area contributed by atoms with Gasteiger partial charge in [-0.1, -0.05) is 18.2 Å². The van der Waals surface area contributed by atoms with Crippen molar-refractivity contribution < 1.29 is 23.5 Å². The fourth-order valence-electron chi connectivity index (χ4n) is 3.51. The highest BCUT2D eigenvalue weighted by molar-refractivity contribution is 14.1. The number of barbiturate groups is 1. The number of imide groups is 2. The summed E-state index contributed by atoms with van der Waals surface area (Å²) in [6, 6.07) is 14.2. The van der Waals surface area contributed by atoms with E-state index in [2.05, 4.69) is 50.5 Å². The second-order valence-electron chi connectivity index (χ2n) is 7.96. The molecular formula is C26H19FI2N2O4. The molecule has 0 radical (unpaired) electrons. The van der Waals surface area contributed by atoms with E-state index in [1.54, 1.807) is 36.4 Å². The van der Waals surface area contributed by atoms with Gasteiger partial charge >= 0.3 is 6.03 Å². The Balaban J connectivity index is 1.62. The third-order valence-electron chi connectivity index (χ3n) is 5.45. The molecule has 0 aliphatic carbocycles. The summed E-state index contributed by atoms with van der Waals surface area (Å²) in [6.45, 7) is 4.01. The molecule has 3 aromatic carbocycles. The van der Waals surface area contributed by atoms with Crippen LogP contribution in [0.15, 0.2) is 60.2 Å². The molecule has 178 valence electrons. The molecule has 0 aromatic heterocycles. The van der Waals surface area contributed by atoms with Gasteiger partial charge in [0.25, 0.3) is 11.8 Å². The molecule has 1 aliphatic rings. The number of ether oxygens (including phenoxy) is 1. The number of nitrogens with one attached hydrogen (secondary N) is 1. The molecule has 0 bridgehead atoms. The molecule has 35 heavy (non-hydrogen) atoms. The number of amides is 4. The van der Waals surface area contributed by atoms with Crippen molar-refractivity contribution in [2.24, 2.45) is 0 Å². The lowest BCUT2D eigenvalue weighted by atomic mass is 10.1. The van der Waals surface area contributed by atoms with Gasteiger partial charge in [0.15, 0.2) is 0 Å². The van der Waals surface area contributed by atoms with E-state index in [4.69, 9.17) is 4.74 Å². The normalized spacial score (nSPS) is 14.9. The predicted octanol–water partition coefficient (Wildman–Crippen LogP) is 5.90. The quantitative estimate of drug-likeness (QED) is 0.205. The molecule has 9 heteroatoms. The second kappa shape index (κ2) is 10.4. The highest BCUT2D eigenvalue weighted by Crippen LogP contribution is 2.31. The van der Waals surface area contributed by atoms with Crippen molar-refractivity contribution in [3.05, 3.63) is 95.4 Å². The van der Waals surface area contributed by atoms with Crippen LogP contribution < -0.4 is 15.0 Å². The number of urea groups is 1. The average molecular weight is 696 g/mol. The number of anilines is 1. The summed E-state index contributed by atoms with van der Waals surface area (Å²) in [5, 5.41) is 2.25. The molecule has 1 N–H and O–H groups in total. The van der Waals surface area contributed by atoms with Crippen molar-refractivity contribution in [2.75, 3.05) is 4.90 Å². The van der Waals surface area contributed by atoms with Crippen LogP contribution in [0.1, 0.15) is 22.3 Å². The highest BCUT2D eigenvalue weighted by atomic mass is 127. The monoisotopic (exact) mass is 696 g/mol. The third-order valence-corrected chi connectivity index (χ3v) is 7.06. The number of carbonyl (C=O) groups is 3. The number of aryl methyl sites for hydroxylation is 2. The molecule has 6 nitrogen and oxygen atoms in total. The van der Waals surface area contributed by atoms with Crippen LogP contribution in [0.25, 0.3) is 6.08 Å². The average Bonchev–Trinajstić information content (AvgIpc) is 2.78. The topological polar surface area (TPSA) is 75.7 Å². The van der Waals surface area contributed by atoms with Crippen molar-refractivity contribution >= 4 is 74.8 Å². The van der Waals surface area contributed by atoms with E-state index in [1.807, 2.05) is 19.9 Å².